The molecule has 0 fully saturated rings. The first-order valence-electron chi connectivity index (χ1n) is 17.8. The second-order valence-electron chi connectivity index (χ2n) is 16.8. The SMILES string of the molecule is c1c2c3c4c(cc5c6ccc7c8ccc9c%10cc%11c%12c%13c(cc1c1c3c3c(c%131)c1c%12c%10c%10c9c8c8c7c6c6c5c4c3c3c6c8c%10c13)C%11)C2. The van der Waals surface area contributed by atoms with E-state index < -0.39 is 0 Å². The third kappa shape index (κ3) is 1.21. The van der Waals surface area contributed by atoms with Gasteiger partial charge in [-0.05, 0) is 230 Å². The van der Waals surface area contributed by atoms with Crippen molar-refractivity contribution in [3.8, 4) is 0 Å². The molecule has 18 aromatic carbocycles. The van der Waals surface area contributed by atoms with Gasteiger partial charge in [0.2, 0.25) is 0 Å². The summed E-state index contributed by atoms with van der Waals surface area (Å²) in [7, 11) is 0. The quantitative estimate of drug-likeness (QED) is 0.122. The zero-order valence-corrected chi connectivity index (χ0v) is 25.0. The summed E-state index contributed by atoms with van der Waals surface area (Å²) < 4.78 is 0. The largest absolute Gasteiger partial charge is 0.0531 e. The van der Waals surface area contributed by atoms with Gasteiger partial charge in [-0.15, -0.1) is 0 Å². The molecule has 0 atom stereocenters. The summed E-state index contributed by atoms with van der Waals surface area (Å²) in [6, 6.07) is 20.6. The number of fused-ring (bicyclic) bond motifs is 3. The summed E-state index contributed by atoms with van der Waals surface area (Å²) in [4.78, 5) is 0. The van der Waals surface area contributed by atoms with Gasteiger partial charge >= 0.3 is 0 Å². The Labute approximate surface area is 265 Å². The average molecular weight is 589 g/mol. The fourth-order valence-corrected chi connectivity index (χ4v) is 14.9. The number of benzene rings is 13. The van der Waals surface area contributed by atoms with E-state index in [1.807, 2.05) is 0 Å². The molecule has 20 rings (SSSR count). The molecule has 0 spiro atoms. The maximum absolute atomic E-state index is 2.65. The lowest BCUT2D eigenvalue weighted by molar-refractivity contribution is 1.28. The predicted octanol–water partition coefficient (Wildman–Crippen LogP) is 13.2. The molecule has 204 valence electrons. The van der Waals surface area contributed by atoms with E-state index in [1.165, 1.54) is 37.7 Å². The average Bonchev–Trinajstić information content (AvgIpc) is 3.95. The molecule has 0 aromatic heterocycles. The standard InChI is InChI=1S/C48H12/c1-3-18-20-9-14-7-11-5-13-6-12-8-15-10-21-19-4-2-17-16(1)27-29(18)38-31(20)35-24(14)22(11)33-26(13)34-23(12)25(15)36-32(21)39-30(19)28(17)37(27)44-45(38)47-42(35)40(33)41(34)43(36)48(47)46(39)44/h1-6,9-10H,7-8H2. The molecule has 0 saturated carbocycles. The zero-order chi connectivity index (χ0) is 29.0. The zero-order valence-electron chi connectivity index (χ0n) is 25.0. The van der Waals surface area contributed by atoms with Crippen molar-refractivity contribution in [3.05, 3.63) is 70.8 Å². The maximum Gasteiger partial charge on any atom is -0.000000212 e. The number of hydrogen-bond acceptors (Lipinski definition) is 0. The van der Waals surface area contributed by atoms with Crippen LogP contribution in [0.3, 0.4) is 0 Å². The second kappa shape index (κ2) is 4.72. The minimum absolute atomic E-state index is 1.06. The smallest absolute Gasteiger partial charge is 0.000000212 e. The van der Waals surface area contributed by atoms with Gasteiger partial charge in [0.25, 0.3) is 0 Å². The van der Waals surface area contributed by atoms with E-state index in [0.29, 0.717) is 0 Å². The minimum Gasteiger partial charge on any atom is -0.0531 e. The second-order valence-corrected chi connectivity index (χ2v) is 16.8. The molecule has 0 N–H and O–H groups in total. The molecule has 0 radical (unpaired) electrons. The van der Waals surface area contributed by atoms with Crippen molar-refractivity contribution in [3.63, 3.8) is 0 Å². The molecule has 0 nitrogen and oxygen atoms in total. The van der Waals surface area contributed by atoms with Crippen LogP contribution in [0.25, 0.3) is 183 Å². The summed E-state index contributed by atoms with van der Waals surface area (Å²) in [6.07, 6.45) is 2.12. The summed E-state index contributed by atoms with van der Waals surface area (Å²) >= 11 is 0. The van der Waals surface area contributed by atoms with E-state index in [1.54, 1.807) is 168 Å². The highest BCUT2D eigenvalue weighted by Gasteiger charge is 2.42. The minimum atomic E-state index is 1.06. The predicted molar refractivity (Wildman–Crippen MR) is 206 cm³/mol. The molecule has 0 aliphatic heterocycles. The van der Waals surface area contributed by atoms with Crippen LogP contribution in [-0.4, -0.2) is 0 Å². The lowest BCUT2D eigenvalue weighted by atomic mass is 9.82. The molecule has 0 unspecified atom stereocenters. The Balaban J connectivity index is 1.43. The van der Waals surface area contributed by atoms with Crippen LogP contribution in [0.5, 0.6) is 0 Å². The Hall–Kier alpha value is -5.98. The Kier molecular flexibility index (Phi) is 1.87. The van der Waals surface area contributed by atoms with E-state index in [-0.39, 0.29) is 0 Å². The van der Waals surface area contributed by atoms with E-state index in [9.17, 15) is 0 Å². The third-order valence-corrected chi connectivity index (χ3v) is 15.7. The van der Waals surface area contributed by atoms with Crippen molar-refractivity contribution in [2.75, 3.05) is 0 Å². The molecule has 0 heterocycles. The fraction of sp³-hybridized carbons (Fsp3) is 0.0417. The van der Waals surface area contributed by atoms with Crippen LogP contribution in [0, 0.1) is 0 Å². The van der Waals surface area contributed by atoms with Crippen molar-refractivity contribution in [2.45, 2.75) is 12.8 Å². The van der Waals surface area contributed by atoms with Crippen LogP contribution >= 0.6 is 0 Å². The van der Waals surface area contributed by atoms with Gasteiger partial charge in [0, 0.05) is 0 Å². The van der Waals surface area contributed by atoms with Crippen LogP contribution in [0.4, 0.5) is 0 Å². The highest BCUT2D eigenvalue weighted by Crippen LogP contribution is 2.70. The molecule has 0 heteroatoms. The first kappa shape index (κ1) is 19.0. The Bertz CT molecular complexity index is 4270. The Morgan fingerprint density at radius 3 is 0.833 bits per heavy atom. The number of hydrogen-bond donors (Lipinski definition) is 0. The summed E-state index contributed by atoms with van der Waals surface area (Å²) in [5.74, 6) is 0. The third-order valence-electron chi connectivity index (χ3n) is 15.7. The normalized spacial score (nSPS) is 16.6. The van der Waals surface area contributed by atoms with Gasteiger partial charge in [-0.2, -0.15) is 0 Å². The van der Waals surface area contributed by atoms with Gasteiger partial charge in [0.15, 0.2) is 0 Å². The molecule has 2 aliphatic rings. The molecule has 2 aliphatic carbocycles. The van der Waals surface area contributed by atoms with Gasteiger partial charge in [-0.25, -0.2) is 0 Å². The topological polar surface area (TPSA) is 0 Å². The molecule has 0 saturated heterocycles. The van der Waals surface area contributed by atoms with Crippen molar-refractivity contribution >= 4 is 183 Å². The lowest BCUT2D eigenvalue weighted by Crippen LogP contribution is -1.91. The van der Waals surface area contributed by atoms with Crippen LogP contribution in [0.15, 0.2) is 48.5 Å². The number of rotatable bonds is 0. The van der Waals surface area contributed by atoms with Crippen molar-refractivity contribution in [1.29, 1.82) is 0 Å². The molecule has 18 aromatic rings. The summed E-state index contributed by atoms with van der Waals surface area (Å²) in [6.45, 7) is 0. The van der Waals surface area contributed by atoms with Gasteiger partial charge in [-0.3, -0.25) is 0 Å². The summed E-state index contributed by atoms with van der Waals surface area (Å²) in [5, 5.41) is 53.4. The molecule has 0 bridgehead atoms. The van der Waals surface area contributed by atoms with Crippen molar-refractivity contribution in [2.24, 2.45) is 0 Å². The fourth-order valence-electron chi connectivity index (χ4n) is 14.9. The van der Waals surface area contributed by atoms with Gasteiger partial charge in [0.1, 0.15) is 0 Å². The Morgan fingerprint density at radius 2 is 0.458 bits per heavy atom. The Morgan fingerprint density at radius 1 is 0.208 bits per heavy atom. The van der Waals surface area contributed by atoms with Crippen LogP contribution in [-0.2, 0) is 12.8 Å². The molecule has 0 amide bonds. The summed E-state index contributed by atoms with van der Waals surface area (Å²) in [5.41, 5.74) is 6.26. The first-order valence-corrected chi connectivity index (χ1v) is 17.8. The van der Waals surface area contributed by atoms with Gasteiger partial charge in [-0.1, -0.05) is 36.4 Å². The van der Waals surface area contributed by atoms with Crippen LogP contribution in [0.1, 0.15) is 22.3 Å². The highest BCUT2D eigenvalue weighted by molar-refractivity contribution is 6.71. The molecular formula is C48H12. The first-order chi connectivity index (χ1) is 23.9. The van der Waals surface area contributed by atoms with Crippen molar-refractivity contribution in [1.82, 2.24) is 0 Å². The monoisotopic (exact) mass is 588 g/mol. The van der Waals surface area contributed by atoms with E-state index in [2.05, 4.69) is 48.5 Å². The molecule has 48 heavy (non-hydrogen) atoms. The molecular weight excluding hydrogens is 577 g/mol. The van der Waals surface area contributed by atoms with Gasteiger partial charge < -0.3 is 0 Å². The van der Waals surface area contributed by atoms with E-state index in [4.69, 9.17) is 0 Å². The van der Waals surface area contributed by atoms with Crippen LogP contribution in [0.2, 0.25) is 0 Å². The van der Waals surface area contributed by atoms with Gasteiger partial charge in [0.05, 0.1) is 0 Å². The lowest BCUT2D eigenvalue weighted by Gasteiger charge is -2.19. The van der Waals surface area contributed by atoms with E-state index >= 15 is 0 Å². The van der Waals surface area contributed by atoms with Crippen LogP contribution < -0.4 is 0 Å². The van der Waals surface area contributed by atoms with E-state index in [0.717, 1.165) is 12.8 Å². The highest BCUT2D eigenvalue weighted by atomic mass is 14.4. The van der Waals surface area contributed by atoms with Crippen molar-refractivity contribution < 1.29 is 0 Å². The maximum atomic E-state index is 2.65.